The van der Waals surface area contributed by atoms with Gasteiger partial charge in [0, 0.05) is 14.1 Å². The topological polar surface area (TPSA) is 3.24 Å². The minimum atomic E-state index is 0.784. The lowest BCUT2D eigenvalue weighted by atomic mass is 10.1. The highest BCUT2D eigenvalue weighted by molar-refractivity contribution is 6.32. The molecule has 0 saturated heterocycles. The molecule has 13 heavy (non-hydrogen) atoms. The van der Waals surface area contributed by atoms with Gasteiger partial charge in [-0.05, 0) is 18.1 Å². The second kappa shape index (κ2) is 4.33. The Morgan fingerprint density at radius 3 is 2.15 bits per heavy atom. The van der Waals surface area contributed by atoms with Crippen molar-refractivity contribution in [2.75, 3.05) is 14.1 Å². The van der Waals surface area contributed by atoms with Crippen LogP contribution in [0.15, 0.2) is 35.5 Å². The number of rotatable bonds is 2. The molecule has 0 N–H and O–H groups in total. The Labute approximate surface area is 84.6 Å². The van der Waals surface area contributed by atoms with Gasteiger partial charge >= 0.3 is 0 Å². The van der Waals surface area contributed by atoms with Crippen molar-refractivity contribution in [3.8, 4) is 0 Å². The molecule has 0 bridgehead atoms. The van der Waals surface area contributed by atoms with Crippen LogP contribution in [0.2, 0.25) is 0 Å². The third kappa shape index (κ3) is 2.49. The quantitative estimate of drug-likeness (QED) is 0.656. The third-order valence-electron chi connectivity index (χ3n) is 1.91. The van der Waals surface area contributed by atoms with Gasteiger partial charge in [-0.15, -0.1) is 0 Å². The highest BCUT2D eigenvalue weighted by Crippen LogP contribution is 2.21. The van der Waals surface area contributed by atoms with Gasteiger partial charge in [0.1, 0.15) is 5.16 Å². The maximum Gasteiger partial charge on any atom is 0.107 e. The number of hydrogen-bond acceptors (Lipinski definition) is 1. The van der Waals surface area contributed by atoms with Crippen molar-refractivity contribution in [1.82, 2.24) is 4.90 Å². The summed E-state index contributed by atoms with van der Waals surface area (Å²) in [6.07, 6.45) is 0. The molecule has 0 unspecified atom stereocenters. The van der Waals surface area contributed by atoms with Crippen molar-refractivity contribution in [1.29, 1.82) is 0 Å². The van der Waals surface area contributed by atoms with Crippen molar-refractivity contribution < 1.29 is 0 Å². The molecule has 2 heteroatoms. The third-order valence-corrected chi connectivity index (χ3v) is 2.53. The second-order valence-corrected chi connectivity index (χ2v) is 3.53. The molecule has 70 valence electrons. The van der Waals surface area contributed by atoms with Crippen LogP contribution >= 0.6 is 11.6 Å². The molecule has 0 fully saturated rings. The minimum Gasteiger partial charge on any atom is -0.368 e. The van der Waals surface area contributed by atoms with Gasteiger partial charge in [0.25, 0.3) is 0 Å². The molecule has 0 aliphatic heterocycles. The molecule has 0 radical (unpaired) electrons. The van der Waals surface area contributed by atoms with Crippen LogP contribution in [0.5, 0.6) is 0 Å². The predicted molar refractivity (Wildman–Crippen MR) is 58.6 cm³/mol. The van der Waals surface area contributed by atoms with Crippen LogP contribution in [0.1, 0.15) is 12.5 Å². The Kier molecular flexibility index (Phi) is 3.38. The van der Waals surface area contributed by atoms with E-state index in [-0.39, 0.29) is 0 Å². The van der Waals surface area contributed by atoms with E-state index in [4.69, 9.17) is 11.6 Å². The molecular formula is C11H14ClN. The molecule has 0 spiro atoms. The van der Waals surface area contributed by atoms with E-state index in [2.05, 4.69) is 12.1 Å². The zero-order valence-electron chi connectivity index (χ0n) is 8.21. The van der Waals surface area contributed by atoms with Crippen molar-refractivity contribution in [2.24, 2.45) is 0 Å². The second-order valence-electron chi connectivity index (χ2n) is 3.18. The molecule has 0 amide bonds. The zero-order valence-corrected chi connectivity index (χ0v) is 8.97. The molecule has 0 saturated carbocycles. The maximum absolute atomic E-state index is 6.11. The number of hydrogen-bond donors (Lipinski definition) is 0. The van der Waals surface area contributed by atoms with E-state index in [9.17, 15) is 0 Å². The van der Waals surface area contributed by atoms with Gasteiger partial charge in [-0.3, -0.25) is 0 Å². The Hall–Kier alpha value is -0.950. The van der Waals surface area contributed by atoms with E-state index in [1.165, 1.54) is 5.56 Å². The zero-order chi connectivity index (χ0) is 9.84. The molecular weight excluding hydrogens is 182 g/mol. The Morgan fingerprint density at radius 2 is 1.69 bits per heavy atom. The number of benzene rings is 1. The van der Waals surface area contributed by atoms with Crippen molar-refractivity contribution in [2.45, 2.75) is 6.92 Å². The molecule has 1 aromatic rings. The molecule has 0 atom stereocenters. The minimum absolute atomic E-state index is 0.784. The van der Waals surface area contributed by atoms with Gasteiger partial charge in [0.05, 0.1) is 0 Å². The summed E-state index contributed by atoms with van der Waals surface area (Å²) in [6.45, 7) is 2.03. The largest absolute Gasteiger partial charge is 0.368 e. The first-order valence-electron chi connectivity index (χ1n) is 4.22. The summed E-state index contributed by atoms with van der Waals surface area (Å²) in [4.78, 5) is 1.91. The fourth-order valence-electron chi connectivity index (χ4n) is 1.14. The Morgan fingerprint density at radius 1 is 1.15 bits per heavy atom. The molecule has 0 aliphatic carbocycles. The van der Waals surface area contributed by atoms with E-state index >= 15 is 0 Å². The first kappa shape index (κ1) is 10.1. The van der Waals surface area contributed by atoms with Gasteiger partial charge in [-0.2, -0.15) is 0 Å². The fraction of sp³-hybridized carbons (Fsp3) is 0.273. The van der Waals surface area contributed by atoms with E-state index in [1.54, 1.807) is 0 Å². The number of halogens is 1. The normalized spacial score (nSPS) is 12.3. The smallest absolute Gasteiger partial charge is 0.107 e. The van der Waals surface area contributed by atoms with E-state index in [1.807, 2.05) is 44.1 Å². The van der Waals surface area contributed by atoms with E-state index in [0.29, 0.717) is 0 Å². The van der Waals surface area contributed by atoms with Crippen LogP contribution < -0.4 is 0 Å². The Bertz CT molecular complexity index is 301. The molecule has 0 aliphatic rings. The number of allylic oxidation sites excluding steroid dienone is 1. The molecule has 0 aromatic heterocycles. The SMILES string of the molecule is C/C(=C(\Cl)N(C)C)c1ccccc1. The van der Waals surface area contributed by atoms with Crippen molar-refractivity contribution in [3.05, 3.63) is 41.1 Å². The highest BCUT2D eigenvalue weighted by atomic mass is 35.5. The lowest BCUT2D eigenvalue weighted by Crippen LogP contribution is -2.07. The van der Waals surface area contributed by atoms with E-state index in [0.717, 1.165) is 10.7 Å². The van der Waals surface area contributed by atoms with Crippen LogP contribution in [-0.4, -0.2) is 19.0 Å². The summed E-state index contributed by atoms with van der Waals surface area (Å²) >= 11 is 6.11. The summed E-state index contributed by atoms with van der Waals surface area (Å²) < 4.78 is 0. The first-order valence-corrected chi connectivity index (χ1v) is 4.60. The molecule has 1 rings (SSSR count). The van der Waals surface area contributed by atoms with Crippen LogP contribution in [0.4, 0.5) is 0 Å². The Balaban J connectivity index is 3.03. The standard InChI is InChI=1S/C11H14ClN/c1-9(11(12)13(2)3)10-7-5-4-6-8-10/h4-8H,1-3H3/b11-9-. The van der Waals surface area contributed by atoms with Crippen LogP contribution in [-0.2, 0) is 0 Å². The fourth-order valence-corrected chi connectivity index (χ4v) is 1.25. The lowest BCUT2D eigenvalue weighted by Gasteiger charge is -2.14. The summed E-state index contributed by atoms with van der Waals surface area (Å²) in [6, 6.07) is 10.1. The summed E-state index contributed by atoms with van der Waals surface area (Å²) in [5.41, 5.74) is 2.27. The summed E-state index contributed by atoms with van der Waals surface area (Å²) in [5.74, 6) is 0. The van der Waals surface area contributed by atoms with Crippen LogP contribution in [0, 0.1) is 0 Å². The van der Waals surface area contributed by atoms with Gasteiger partial charge in [0.2, 0.25) is 0 Å². The monoisotopic (exact) mass is 195 g/mol. The van der Waals surface area contributed by atoms with Gasteiger partial charge < -0.3 is 4.90 Å². The van der Waals surface area contributed by atoms with Crippen molar-refractivity contribution in [3.63, 3.8) is 0 Å². The summed E-state index contributed by atoms with van der Waals surface area (Å²) in [7, 11) is 3.88. The highest BCUT2D eigenvalue weighted by Gasteiger charge is 2.02. The average Bonchev–Trinajstić information content (AvgIpc) is 2.17. The van der Waals surface area contributed by atoms with Crippen molar-refractivity contribution >= 4 is 17.2 Å². The maximum atomic E-state index is 6.11. The van der Waals surface area contributed by atoms with Crippen LogP contribution in [0.3, 0.4) is 0 Å². The summed E-state index contributed by atoms with van der Waals surface area (Å²) in [5, 5.41) is 0.784. The van der Waals surface area contributed by atoms with E-state index < -0.39 is 0 Å². The predicted octanol–water partition coefficient (Wildman–Crippen LogP) is 3.18. The van der Waals surface area contributed by atoms with Gasteiger partial charge in [-0.25, -0.2) is 0 Å². The van der Waals surface area contributed by atoms with Gasteiger partial charge in [-0.1, -0.05) is 41.9 Å². The molecule has 1 nitrogen and oxygen atoms in total. The van der Waals surface area contributed by atoms with Gasteiger partial charge in [0.15, 0.2) is 0 Å². The number of nitrogens with zero attached hydrogens (tertiary/aromatic N) is 1. The molecule has 1 aromatic carbocycles. The first-order chi connectivity index (χ1) is 6.13. The van der Waals surface area contributed by atoms with Crippen LogP contribution in [0.25, 0.3) is 5.57 Å². The lowest BCUT2D eigenvalue weighted by molar-refractivity contribution is 0.548. The molecule has 0 heterocycles. The average molecular weight is 196 g/mol.